The molecule has 0 N–H and O–H groups in total. The number of anilines is 6. The lowest BCUT2D eigenvalue weighted by Crippen LogP contribution is -2.61. The zero-order valence-electron chi connectivity index (χ0n) is 35.8. The molecule has 2 aliphatic rings. The van der Waals surface area contributed by atoms with Gasteiger partial charge < -0.3 is 9.80 Å². The summed E-state index contributed by atoms with van der Waals surface area (Å²) in [5.74, 6) is 0.841. The van der Waals surface area contributed by atoms with E-state index in [9.17, 15) is 0 Å². The lowest BCUT2D eigenvalue weighted by Gasteiger charge is -2.45. The van der Waals surface area contributed by atoms with E-state index >= 15 is 0 Å². The molecule has 2 heterocycles. The van der Waals surface area contributed by atoms with Crippen LogP contribution in [0.2, 0.25) is 0 Å². The summed E-state index contributed by atoms with van der Waals surface area (Å²) in [6, 6.07) is 64.3. The van der Waals surface area contributed by atoms with Crippen molar-refractivity contribution in [3.63, 3.8) is 0 Å². The monoisotopic (exact) mass is 774 g/mol. The van der Waals surface area contributed by atoms with Crippen molar-refractivity contribution in [1.82, 2.24) is 0 Å². The molecule has 2 aliphatic heterocycles. The van der Waals surface area contributed by atoms with E-state index in [2.05, 4.69) is 228 Å². The van der Waals surface area contributed by atoms with Crippen molar-refractivity contribution in [3.05, 3.63) is 198 Å². The van der Waals surface area contributed by atoms with Gasteiger partial charge in [0, 0.05) is 34.1 Å². The Hall–Kier alpha value is -6.58. The van der Waals surface area contributed by atoms with Gasteiger partial charge in [0.25, 0.3) is 6.71 Å². The van der Waals surface area contributed by atoms with E-state index in [1.54, 1.807) is 0 Å². The van der Waals surface area contributed by atoms with E-state index in [1.807, 2.05) is 0 Å². The average molecular weight is 775 g/mol. The third-order valence-electron chi connectivity index (χ3n) is 12.9. The molecule has 8 aromatic carbocycles. The second-order valence-corrected chi connectivity index (χ2v) is 17.6. The Bertz CT molecular complexity index is 2860. The Morgan fingerprint density at radius 3 is 1.55 bits per heavy atom. The summed E-state index contributed by atoms with van der Waals surface area (Å²) >= 11 is 0. The molecule has 0 saturated carbocycles. The van der Waals surface area contributed by atoms with E-state index in [0.29, 0.717) is 11.8 Å². The molecule has 0 amide bonds. The van der Waals surface area contributed by atoms with Gasteiger partial charge in [-0.3, -0.25) is 0 Å². The van der Waals surface area contributed by atoms with Crippen LogP contribution in [0, 0.1) is 20.8 Å². The molecule has 0 unspecified atom stereocenters. The predicted molar refractivity (Wildman–Crippen MR) is 259 cm³/mol. The molecule has 0 fully saturated rings. The molecule has 0 saturated heterocycles. The van der Waals surface area contributed by atoms with Crippen molar-refractivity contribution in [2.45, 2.75) is 60.3 Å². The molecule has 0 aromatic heterocycles. The molecule has 0 spiro atoms. The molecule has 8 aromatic rings. The minimum Gasteiger partial charge on any atom is -0.311 e. The molecular weight excluding hydrogens is 723 g/mol. The first-order valence-electron chi connectivity index (χ1n) is 21.6. The molecule has 3 heteroatoms. The smallest absolute Gasteiger partial charge is 0.252 e. The Labute approximate surface area is 356 Å². The average Bonchev–Trinajstić information content (AvgIpc) is 3.26. The largest absolute Gasteiger partial charge is 0.311 e. The summed E-state index contributed by atoms with van der Waals surface area (Å²) in [6.45, 7) is 15.9. The van der Waals surface area contributed by atoms with E-state index in [4.69, 9.17) is 0 Å². The van der Waals surface area contributed by atoms with Crippen molar-refractivity contribution in [1.29, 1.82) is 0 Å². The SMILES string of the molecule is Cc1cc2c3c(c1)N(c1ccc(C(C)C)cc1)c1cc(-c4ccccc4)ccc1B3c1cc(C(C)C)ccc1N2c1cc(-c2ccccc2C)cc(-c2ccccc2C)c1. The number of benzene rings is 8. The number of hydrogen-bond acceptors (Lipinski definition) is 2. The summed E-state index contributed by atoms with van der Waals surface area (Å²) < 4.78 is 0. The topological polar surface area (TPSA) is 6.48 Å². The number of fused-ring (bicyclic) bond motifs is 4. The maximum atomic E-state index is 2.58. The van der Waals surface area contributed by atoms with E-state index in [-0.39, 0.29) is 6.71 Å². The summed E-state index contributed by atoms with van der Waals surface area (Å²) in [6.07, 6.45) is 0. The summed E-state index contributed by atoms with van der Waals surface area (Å²) in [5.41, 5.74) is 25.2. The highest BCUT2D eigenvalue weighted by molar-refractivity contribution is 7.00. The minimum atomic E-state index is 0.0435. The van der Waals surface area contributed by atoms with Gasteiger partial charge in [-0.15, -0.1) is 0 Å². The van der Waals surface area contributed by atoms with E-state index in [0.717, 1.165) is 5.69 Å². The second kappa shape index (κ2) is 14.9. The normalized spacial score (nSPS) is 12.8. The molecule has 2 nitrogen and oxygen atoms in total. The molecule has 0 atom stereocenters. The van der Waals surface area contributed by atoms with Crippen LogP contribution < -0.4 is 26.2 Å². The molecule has 0 radical (unpaired) electrons. The third-order valence-corrected chi connectivity index (χ3v) is 12.9. The van der Waals surface area contributed by atoms with Crippen molar-refractivity contribution in [2.24, 2.45) is 0 Å². The fourth-order valence-electron chi connectivity index (χ4n) is 9.73. The van der Waals surface area contributed by atoms with Gasteiger partial charge in [-0.2, -0.15) is 0 Å². The van der Waals surface area contributed by atoms with E-state index in [1.165, 1.54) is 106 Å². The fourth-order valence-corrected chi connectivity index (χ4v) is 9.73. The highest BCUT2D eigenvalue weighted by atomic mass is 15.2. The summed E-state index contributed by atoms with van der Waals surface area (Å²) in [5, 5.41) is 0. The first kappa shape index (κ1) is 37.7. The van der Waals surface area contributed by atoms with Crippen LogP contribution in [-0.2, 0) is 0 Å². The standard InChI is InChI=1S/C57H51BN2/c1-36(2)41-21-25-47(26-22-41)59-54-35-44(42-17-9-8-10-18-42)23-27-51(54)58-52-34-43(37(3)4)24-28-53(52)60(56-30-38(5)29-55(59)57(56)58)48-32-45(49-19-13-11-15-39(49)6)31-46(33-48)50-20-14-12-16-40(50)7/h8-37H,1-7H3. The second-order valence-electron chi connectivity index (χ2n) is 17.6. The highest BCUT2D eigenvalue weighted by Gasteiger charge is 2.44. The maximum absolute atomic E-state index is 2.58. The van der Waals surface area contributed by atoms with Gasteiger partial charge >= 0.3 is 0 Å². The molecule has 0 bridgehead atoms. The quantitative estimate of drug-likeness (QED) is 0.149. The van der Waals surface area contributed by atoms with Crippen LogP contribution in [0.3, 0.4) is 0 Å². The summed E-state index contributed by atoms with van der Waals surface area (Å²) in [7, 11) is 0. The van der Waals surface area contributed by atoms with Gasteiger partial charge in [0.15, 0.2) is 0 Å². The van der Waals surface area contributed by atoms with Crippen LogP contribution >= 0.6 is 0 Å². The van der Waals surface area contributed by atoms with Crippen molar-refractivity contribution in [2.75, 3.05) is 9.80 Å². The van der Waals surface area contributed by atoms with Gasteiger partial charge in [0.2, 0.25) is 0 Å². The van der Waals surface area contributed by atoms with Crippen LogP contribution in [0.25, 0.3) is 33.4 Å². The Morgan fingerprint density at radius 2 is 0.950 bits per heavy atom. The highest BCUT2D eigenvalue weighted by Crippen LogP contribution is 2.47. The first-order valence-corrected chi connectivity index (χ1v) is 21.6. The summed E-state index contributed by atoms with van der Waals surface area (Å²) in [4.78, 5) is 5.13. The predicted octanol–water partition coefficient (Wildman–Crippen LogP) is 13.9. The molecule has 0 aliphatic carbocycles. The lowest BCUT2D eigenvalue weighted by molar-refractivity contribution is 0.866. The Morgan fingerprint density at radius 1 is 0.383 bits per heavy atom. The molecular formula is C57H51BN2. The van der Waals surface area contributed by atoms with Crippen molar-refractivity contribution in [3.8, 4) is 33.4 Å². The molecule has 60 heavy (non-hydrogen) atoms. The van der Waals surface area contributed by atoms with Crippen LogP contribution in [0.4, 0.5) is 34.1 Å². The number of nitrogens with zero attached hydrogens (tertiary/aromatic N) is 2. The van der Waals surface area contributed by atoms with Gasteiger partial charge in [-0.25, -0.2) is 0 Å². The fraction of sp³-hybridized carbons (Fsp3) is 0.158. The lowest BCUT2D eigenvalue weighted by atomic mass is 9.33. The molecule has 292 valence electrons. The Balaban J connectivity index is 1.28. The van der Waals surface area contributed by atoms with Crippen molar-refractivity contribution < 1.29 is 0 Å². The van der Waals surface area contributed by atoms with Crippen LogP contribution in [0.1, 0.15) is 67.3 Å². The van der Waals surface area contributed by atoms with Gasteiger partial charge in [-0.05, 0) is 165 Å². The Kier molecular flexibility index (Phi) is 9.36. The number of rotatable bonds is 7. The van der Waals surface area contributed by atoms with Crippen molar-refractivity contribution >= 4 is 57.2 Å². The third kappa shape index (κ3) is 6.36. The van der Waals surface area contributed by atoms with Crippen LogP contribution in [0.15, 0.2) is 170 Å². The maximum Gasteiger partial charge on any atom is 0.252 e. The van der Waals surface area contributed by atoms with Gasteiger partial charge in [0.05, 0.1) is 0 Å². The molecule has 10 rings (SSSR count). The van der Waals surface area contributed by atoms with Crippen LogP contribution in [0.5, 0.6) is 0 Å². The first-order chi connectivity index (χ1) is 29.1. The minimum absolute atomic E-state index is 0.0435. The zero-order chi connectivity index (χ0) is 41.2. The zero-order valence-corrected chi connectivity index (χ0v) is 35.8. The van der Waals surface area contributed by atoms with Crippen LogP contribution in [-0.4, -0.2) is 6.71 Å². The van der Waals surface area contributed by atoms with Gasteiger partial charge in [-0.1, -0.05) is 143 Å². The van der Waals surface area contributed by atoms with E-state index < -0.39 is 0 Å². The van der Waals surface area contributed by atoms with Gasteiger partial charge in [0.1, 0.15) is 0 Å². The number of aryl methyl sites for hydroxylation is 3. The number of hydrogen-bond donors (Lipinski definition) is 0.